The first-order valence-corrected chi connectivity index (χ1v) is 1.73. The predicted octanol–water partition coefficient (Wildman–Crippen LogP) is 1.30. The molecule has 1 aliphatic carbocycles. The molecule has 1 rings (SSSR count). The average Bonchev–Trinajstić information content (AvgIpc) is 1.76. The van der Waals surface area contributed by atoms with Gasteiger partial charge in [0.1, 0.15) is 0 Å². The van der Waals surface area contributed by atoms with Crippen molar-refractivity contribution in [1.29, 1.82) is 0 Å². The van der Waals surface area contributed by atoms with Crippen molar-refractivity contribution in [3.8, 4) is 0 Å². The molecule has 0 aromatic rings. The number of hydrogen-bond donors (Lipinski definition) is 0. The topological polar surface area (TPSA) is 0 Å². The van der Waals surface area contributed by atoms with E-state index in [1.807, 2.05) is 12.2 Å². The number of hydrogen-bond acceptors (Lipinski definition) is 0. The van der Waals surface area contributed by atoms with Gasteiger partial charge >= 0.3 is 0 Å². The van der Waals surface area contributed by atoms with Crippen LogP contribution in [0.15, 0.2) is 18.2 Å². The van der Waals surface area contributed by atoms with Gasteiger partial charge in [0.05, 0.1) is 0 Å². The summed E-state index contributed by atoms with van der Waals surface area (Å²) in [6, 6.07) is 0. The van der Waals surface area contributed by atoms with Gasteiger partial charge in [-0.05, 0) is 0 Å². The van der Waals surface area contributed by atoms with Crippen LogP contribution in [0.3, 0.4) is 0 Å². The first-order chi connectivity index (χ1) is 2.50. The van der Waals surface area contributed by atoms with Gasteiger partial charge in [-0.3, -0.25) is 6.08 Å². The van der Waals surface area contributed by atoms with E-state index in [2.05, 4.69) is 12.2 Å². The first kappa shape index (κ1) is 6.17. The second-order valence-corrected chi connectivity index (χ2v) is 1.01. The van der Waals surface area contributed by atoms with Crippen LogP contribution in [-0.4, -0.2) is 0 Å². The van der Waals surface area contributed by atoms with Crippen LogP contribution in [0.4, 0.5) is 0 Å². The summed E-state index contributed by atoms with van der Waals surface area (Å²) in [4.78, 5) is 0. The molecular formula is C5H5Mo-. The molecule has 32 valence electrons. The largest absolute Gasteiger partial charge is 0.256 e. The Labute approximate surface area is 52.2 Å². The summed E-state index contributed by atoms with van der Waals surface area (Å²) in [6.07, 6.45) is 10.0. The SMILES string of the molecule is [C-]1=CCC=C1.[Mo]. The van der Waals surface area contributed by atoms with Crippen molar-refractivity contribution in [2.45, 2.75) is 6.42 Å². The summed E-state index contributed by atoms with van der Waals surface area (Å²) >= 11 is 0. The van der Waals surface area contributed by atoms with Gasteiger partial charge in [0.25, 0.3) is 0 Å². The molecule has 0 unspecified atom stereocenters. The Bertz CT molecular complexity index is 62.0. The summed E-state index contributed by atoms with van der Waals surface area (Å²) in [5.41, 5.74) is 0. The Morgan fingerprint density at radius 2 is 2.33 bits per heavy atom. The maximum atomic E-state index is 2.92. The fourth-order valence-electron chi connectivity index (χ4n) is 0.340. The Balaban J connectivity index is 0.000000250. The van der Waals surface area contributed by atoms with Gasteiger partial charge in [-0.25, -0.2) is 12.2 Å². The van der Waals surface area contributed by atoms with Gasteiger partial charge in [0.2, 0.25) is 0 Å². The third-order valence-electron chi connectivity index (χ3n) is 0.586. The Morgan fingerprint density at radius 3 is 2.50 bits per heavy atom. The van der Waals surface area contributed by atoms with Crippen LogP contribution in [0.5, 0.6) is 0 Å². The maximum Gasteiger partial charge on any atom is 0 e. The van der Waals surface area contributed by atoms with Crippen molar-refractivity contribution in [2.24, 2.45) is 0 Å². The minimum Gasteiger partial charge on any atom is -0.256 e. The van der Waals surface area contributed by atoms with Gasteiger partial charge < -0.3 is 0 Å². The molecule has 6 heavy (non-hydrogen) atoms. The zero-order valence-electron chi connectivity index (χ0n) is 3.35. The number of rotatable bonds is 0. The summed E-state index contributed by atoms with van der Waals surface area (Å²) in [7, 11) is 0. The van der Waals surface area contributed by atoms with Crippen LogP contribution < -0.4 is 0 Å². The molecule has 0 saturated heterocycles. The van der Waals surface area contributed by atoms with Crippen molar-refractivity contribution < 1.29 is 21.1 Å². The van der Waals surface area contributed by atoms with Gasteiger partial charge in [-0.2, -0.15) is 6.08 Å². The third kappa shape index (κ3) is 1.57. The van der Waals surface area contributed by atoms with Gasteiger partial charge in [0.15, 0.2) is 0 Å². The van der Waals surface area contributed by atoms with E-state index in [1.165, 1.54) is 0 Å². The van der Waals surface area contributed by atoms with E-state index >= 15 is 0 Å². The fraction of sp³-hybridized carbons (Fsp3) is 0.200. The Kier molecular flexibility index (Phi) is 3.46. The molecule has 0 heterocycles. The molecule has 0 atom stereocenters. The maximum absolute atomic E-state index is 2.92. The third-order valence-corrected chi connectivity index (χ3v) is 0.586. The first-order valence-electron chi connectivity index (χ1n) is 1.73. The van der Waals surface area contributed by atoms with Crippen molar-refractivity contribution >= 4 is 0 Å². The normalized spacial score (nSPS) is 14.7. The summed E-state index contributed by atoms with van der Waals surface area (Å²) in [5, 5.41) is 0. The van der Waals surface area contributed by atoms with E-state index in [0.29, 0.717) is 0 Å². The van der Waals surface area contributed by atoms with Gasteiger partial charge in [-0.1, -0.05) is 0 Å². The van der Waals surface area contributed by atoms with Crippen molar-refractivity contribution in [2.75, 3.05) is 0 Å². The van der Waals surface area contributed by atoms with Crippen molar-refractivity contribution in [3.05, 3.63) is 24.3 Å². The predicted molar refractivity (Wildman–Crippen MR) is 21.6 cm³/mol. The fourth-order valence-corrected chi connectivity index (χ4v) is 0.340. The Hall–Kier alpha value is 0.168. The summed E-state index contributed by atoms with van der Waals surface area (Å²) in [5.74, 6) is 0. The van der Waals surface area contributed by atoms with Crippen LogP contribution in [-0.2, 0) is 21.1 Å². The van der Waals surface area contributed by atoms with E-state index in [9.17, 15) is 0 Å². The summed E-state index contributed by atoms with van der Waals surface area (Å²) in [6.45, 7) is 0. The van der Waals surface area contributed by atoms with E-state index in [-0.39, 0.29) is 21.1 Å². The molecule has 0 spiro atoms. The molecule has 0 aliphatic heterocycles. The molecule has 0 N–H and O–H groups in total. The van der Waals surface area contributed by atoms with E-state index in [4.69, 9.17) is 0 Å². The molecule has 0 nitrogen and oxygen atoms in total. The van der Waals surface area contributed by atoms with Crippen molar-refractivity contribution in [1.82, 2.24) is 0 Å². The standard InChI is InChI=1S/C5H5.Mo/c1-2-4-5-3-1;/h1-2,5H,3H2;/q-1;. The minimum atomic E-state index is 0. The molecule has 1 heteroatoms. The zero-order valence-corrected chi connectivity index (χ0v) is 5.35. The zero-order chi connectivity index (χ0) is 3.54. The number of allylic oxidation sites excluding steroid dienone is 4. The molecule has 0 fully saturated rings. The summed E-state index contributed by atoms with van der Waals surface area (Å²) < 4.78 is 0. The van der Waals surface area contributed by atoms with Crippen LogP contribution in [0.25, 0.3) is 0 Å². The Morgan fingerprint density at radius 1 is 1.50 bits per heavy atom. The molecule has 0 saturated carbocycles. The monoisotopic (exact) mass is 163 g/mol. The van der Waals surface area contributed by atoms with E-state index in [1.54, 1.807) is 0 Å². The molecule has 0 bridgehead atoms. The van der Waals surface area contributed by atoms with Gasteiger partial charge in [-0.15, -0.1) is 6.42 Å². The van der Waals surface area contributed by atoms with E-state index in [0.717, 1.165) is 6.42 Å². The quantitative estimate of drug-likeness (QED) is 0.371. The molecule has 0 aromatic carbocycles. The van der Waals surface area contributed by atoms with Gasteiger partial charge in [0, 0.05) is 21.1 Å². The molecule has 0 amide bonds. The minimum absolute atomic E-state index is 0. The van der Waals surface area contributed by atoms with Crippen LogP contribution >= 0.6 is 0 Å². The molecular weight excluding hydrogens is 156 g/mol. The second kappa shape index (κ2) is 3.36. The second-order valence-electron chi connectivity index (χ2n) is 1.01. The van der Waals surface area contributed by atoms with Crippen LogP contribution in [0, 0.1) is 6.08 Å². The molecule has 0 aromatic heterocycles. The van der Waals surface area contributed by atoms with Crippen LogP contribution in [0.2, 0.25) is 0 Å². The van der Waals surface area contributed by atoms with Crippen molar-refractivity contribution in [3.63, 3.8) is 0 Å². The molecule has 1 aliphatic rings. The van der Waals surface area contributed by atoms with E-state index < -0.39 is 0 Å². The van der Waals surface area contributed by atoms with Crippen LogP contribution in [0.1, 0.15) is 6.42 Å². The smallest absolute Gasteiger partial charge is 0 e. The molecule has 0 radical (unpaired) electrons. The average molecular weight is 161 g/mol.